The van der Waals surface area contributed by atoms with Gasteiger partial charge in [0.2, 0.25) is 11.8 Å². The van der Waals surface area contributed by atoms with Crippen molar-refractivity contribution in [3.8, 4) is 0 Å². The van der Waals surface area contributed by atoms with Gasteiger partial charge in [0.05, 0.1) is 17.8 Å². The quantitative estimate of drug-likeness (QED) is 0.739. The lowest BCUT2D eigenvalue weighted by Crippen LogP contribution is -2.33. The van der Waals surface area contributed by atoms with Crippen LogP contribution in [0.5, 0.6) is 0 Å². The van der Waals surface area contributed by atoms with Crippen LogP contribution >= 0.6 is 23.1 Å². The SMILES string of the molecule is Cc1cccc(N2C(=O)SC(CC(=O)Nc3nc(CC(=O)O)cs3)C2=O)c1C. The fourth-order valence-corrected chi connectivity index (χ4v) is 4.43. The number of aryl methyl sites for hydroxylation is 1. The molecule has 1 atom stereocenters. The van der Waals surface area contributed by atoms with Gasteiger partial charge >= 0.3 is 5.97 Å². The summed E-state index contributed by atoms with van der Waals surface area (Å²) in [6, 6.07) is 5.38. The number of benzene rings is 1. The molecule has 2 aromatic rings. The van der Waals surface area contributed by atoms with Crippen molar-refractivity contribution in [1.82, 2.24) is 4.98 Å². The Hall–Kier alpha value is -2.72. The van der Waals surface area contributed by atoms with Gasteiger partial charge in [-0.1, -0.05) is 12.1 Å². The molecule has 3 rings (SSSR count). The molecule has 0 spiro atoms. The van der Waals surface area contributed by atoms with E-state index in [0.29, 0.717) is 11.4 Å². The van der Waals surface area contributed by atoms with Crippen LogP contribution in [0.3, 0.4) is 0 Å². The lowest BCUT2D eigenvalue weighted by Gasteiger charge is -2.17. The van der Waals surface area contributed by atoms with E-state index in [-0.39, 0.29) is 18.0 Å². The fourth-order valence-electron chi connectivity index (χ4n) is 2.72. The van der Waals surface area contributed by atoms with Gasteiger partial charge in [-0.15, -0.1) is 11.3 Å². The Labute approximate surface area is 169 Å². The summed E-state index contributed by atoms with van der Waals surface area (Å²) in [7, 11) is 0. The number of carbonyl (C=O) groups excluding carboxylic acids is 3. The lowest BCUT2D eigenvalue weighted by molar-refractivity contribution is -0.136. The minimum absolute atomic E-state index is 0.176. The van der Waals surface area contributed by atoms with Crippen LogP contribution in [0.4, 0.5) is 15.6 Å². The molecule has 1 saturated heterocycles. The lowest BCUT2D eigenvalue weighted by atomic mass is 10.1. The largest absolute Gasteiger partial charge is 0.481 e. The molecule has 10 heteroatoms. The number of thioether (sulfide) groups is 1. The van der Waals surface area contributed by atoms with Crippen LogP contribution in [0.25, 0.3) is 0 Å². The summed E-state index contributed by atoms with van der Waals surface area (Å²) < 4.78 is 0. The van der Waals surface area contributed by atoms with Gasteiger partial charge in [-0.05, 0) is 42.8 Å². The Bertz CT molecular complexity index is 972. The first kappa shape index (κ1) is 20.0. The molecule has 8 nitrogen and oxygen atoms in total. The molecular weight excluding hydrogens is 402 g/mol. The van der Waals surface area contributed by atoms with Crippen molar-refractivity contribution in [3.63, 3.8) is 0 Å². The minimum atomic E-state index is -1.01. The van der Waals surface area contributed by atoms with Gasteiger partial charge in [0, 0.05) is 11.8 Å². The van der Waals surface area contributed by atoms with E-state index in [4.69, 9.17) is 5.11 Å². The van der Waals surface area contributed by atoms with Gasteiger partial charge in [-0.25, -0.2) is 9.88 Å². The number of thiazole rings is 1. The molecule has 0 saturated carbocycles. The molecular formula is C18H17N3O5S2. The number of imide groups is 1. The van der Waals surface area contributed by atoms with Crippen LogP contribution in [-0.2, 0) is 20.8 Å². The van der Waals surface area contributed by atoms with Crippen molar-refractivity contribution in [2.75, 3.05) is 10.2 Å². The van der Waals surface area contributed by atoms with Crippen molar-refractivity contribution in [2.45, 2.75) is 31.9 Å². The standard InChI is InChI=1S/C18H17N3O5S2/c1-9-4-3-5-12(10(9)2)21-16(25)13(28-18(21)26)7-14(22)20-17-19-11(8-27-17)6-15(23)24/h3-5,8,13H,6-7H2,1-2H3,(H,23,24)(H,19,20,22). The van der Waals surface area contributed by atoms with Gasteiger partial charge in [0.25, 0.3) is 5.24 Å². The molecule has 0 radical (unpaired) electrons. The van der Waals surface area contributed by atoms with Gasteiger partial charge in [-0.3, -0.25) is 19.2 Å². The summed E-state index contributed by atoms with van der Waals surface area (Å²) in [5.74, 6) is -1.90. The van der Waals surface area contributed by atoms with E-state index in [1.165, 1.54) is 0 Å². The third-order valence-electron chi connectivity index (χ3n) is 4.24. The van der Waals surface area contributed by atoms with E-state index in [1.807, 2.05) is 19.9 Å². The van der Waals surface area contributed by atoms with Gasteiger partial charge in [0.15, 0.2) is 5.13 Å². The number of nitrogens with one attached hydrogen (secondary N) is 1. The van der Waals surface area contributed by atoms with Crippen molar-refractivity contribution >= 4 is 56.9 Å². The van der Waals surface area contributed by atoms with Crippen LogP contribution in [0.2, 0.25) is 0 Å². The number of anilines is 2. The van der Waals surface area contributed by atoms with E-state index in [0.717, 1.165) is 39.1 Å². The van der Waals surface area contributed by atoms with Gasteiger partial charge < -0.3 is 10.4 Å². The Kier molecular flexibility index (Phi) is 5.80. The van der Waals surface area contributed by atoms with E-state index in [2.05, 4.69) is 10.3 Å². The Morgan fingerprint density at radius 1 is 1.29 bits per heavy atom. The van der Waals surface area contributed by atoms with Crippen LogP contribution in [0.15, 0.2) is 23.6 Å². The number of nitrogens with zero attached hydrogens (tertiary/aromatic N) is 2. The van der Waals surface area contributed by atoms with Crippen molar-refractivity contribution in [2.24, 2.45) is 0 Å². The van der Waals surface area contributed by atoms with Crippen molar-refractivity contribution in [1.29, 1.82) is 0 Å². The molecule has 0 aliphatic carbocycles. The first-order valence-electron chi connectivity index (χ1n) is 8.33. The average Bonchev–Trinajstić information content (AvgIpc) is 3.14. The number of aliphatic carboxylic acids is 1. The Morgan fingerprint density at radius 2 is 2.04 bits per heavy atom. The smallest absolute Gasteiger partial charge is 0.309 e. The molecule has 1 aliphatic heterocycles. The molecule has 1 unspecified atom stereocenters. The Balaban J connectivity index is 1.66. The zero-order valence-electron chi connectivity index (χ0n) is 15.1. The molecule has 2 heterocycles. The highest BCUT2D eigenvalue weighted by molar-refractivity contribution is 8.15. The summed E-state index contributed by atoms with van der Waals surface area (Å²) in [5.41, 5.74) is 2.67. The maximum Gasteiger partial charge on any atom is 0.309 e. The predicted molar refractivity (Wildman–Crippen MR) is 107 cm³/mol. The van der Waals surface area contributed by atoms with Crippen LogP contribution in [-0.4, -0.2) is 38.4 Å². The first-order valence-corrected chi connectivity index (χ1v) is 10.1. The highest BCUT2D eigenvalue weighted by atomic mass is 32.2. The second-order valence-corrected chi connectivity index (χ2v) is 8.24. The van der Waals surface area contributed by atoms with E-state index in [9.17, 15) is 19.2 Å². The number of carboxylic acids is 1. The monoisotopic (exact) mass is 419 g/mol. The second kappa shape index (κ2) is 8.11. The number of hydrogen-bond donors (Lipinski definition) is 2. The Morgan fingerprint density at radius 3 is 2.75 bits per heavy atom. The topological polar surface area (TPSA) is 117 Å². The fraction of sp³-hybridized carbons (Fsp3) is 0.278. The van der Waals surface area contributed by atoms with Crippen LogP contribution in [0.1, 0.15) is 23.2 Å². The number of amides is 3. The zero-order valence-corrected chi connectivity index (χ0v) is 16.7. The highest BCUT2D eigenvalue weighted by Crippen LogP contribution is 2.35. The molecule has 28 heavy (non-hydrogen) atoms. The molecule has 1 aromatic heterocycles. The van der Waals surface area contributed by atoms with E-state index < -0.39 is 28.3 Å². The number of aromatic nitrogens is 1. The summed E-state index contributed by atoms with van der Waals surface area (Å²) in [5, 5.41) is 11.9. The average molecular weight is 419 g/mol. The number of hydrogen-bond acceptors (Lipinski definition) is 7. The molecule has 3 amide bonds. The second-order valence-electron chi connectivity index (χ2n) is 6.23. The summed E-state index contributed by atoms with van der Waals surface area (Å²) in [4.78, 5) is 53.2. The summed E-state index contributed by atoms with van der Waals surface area (Å²) in [6.07, 6.45) is -0.410. The van der Waals surface area contributed by atoms with Crippen molar-refractivity contribution < 1.29 is 24.3 Å². The van der Waals surface area contributed by atoms with E-state index in [1.54, 1.807) is 17.5 Å². The van der Waals surface area contributed by atoms with Gasteiger partial charge in [-0.2, -0.15) is 0 Å². The van der Waals surface area contributed by atoms with Crippen molar-refractivity contribution in [3.05, 3.63) is 40.4 Å². The van der Waals surface area contributed by atoms with Gasteiger partial charge in [0.1, 0.15) is 5.25 Å². The number of carbonyl (C=O) groups is 4. The number of rotatable bonds is 6. The maximum absolute atomic E-state index is 12.7. The molecule has 0 bridgehead atoms. The molecule has 1 fully saturated rings. The molecule has 1 aliphatic rings. The third-order valence-corrected chi connectivity index (χ3v) is 6.08. The third kappa shape index (κ3) is 4.23. The predicted octanol–water partition coefficient (Wildman–Crippen LogP) is 2.98. The summed E-state index contributed by atoms with van der Waals surface area (Å²) >= 11 is 1.93. The molecule has 146 valence electrons. The molecule has 1 aromatic carbocycles. The van der Waals surface area contributed by atoms with E-state index >= 15 is 0 Å². The maximum atomic E-state index is 12.7. The zero-order chi connectivity index (χ0) is 20.4. The summed E-state index contributed by atoms with van der Waals surface area (Å²) in [6.45, 7) is 3.74. The molecule has 2 N–H and O–H groups in total. The van der Waals surface area contributed by atoms with Crippen LogP contribution < -0.4 is 10.2 Å². The first-order chi connectivity index (χ1) is 13.3. The highest BCUT2D eigenvalue weighted by Gasteiger charge is 2.42. The minimum Gasteiger partial charge on any atom is -0.481 e. The number of carboxylic acid groups (broad SMARTS) is 1. The van der Waals surface area contributed by atoms with Crippen LogP contribution in [0, 0.1) is 13.8 Å². The normalized spacial score (nSPS) is 16.5.